The van der Waals surface area contributed by atoms with Gasteiger partial charge in [0.2, 0.25) is 6.41 Å². The SMILES string of the molecule is CC(C)CCCCOCCCCNC=O. The van der Waals surface area contributed by atoms with Gasteiger partial charge in [-0.25, -0.2) is 0 Å². The van der Waals surface area contributed by atoms with E-state index in [0.29, 0.717) is 0 Å². The molecular formula is C12H25NO2. The lowest BCUT2D eigenvalue weighted by Crippen LogP contribution is -2.12. The fourth-order valence-corrected chi connectivity index (χ4v) is 1.35. The first-order valence-corrected chi connectivity index (χ1v) is 6.02. The van der Waals surface area contributed by atoms with Crippen LogP contribution >= 0.6 is 0 Å². The van der Waals surface area contributed by atoms with E-state index in [1.807, 2.05) is 0 Å². The lowest BCUT2D eigenvalue weighted by Gasteiger charge is -2.05. The van der Waals surface area contributed by atoms with Gasteiger partial charge >= 0.3 is 0 Å². The summed E-state index contributed by atoms with van der Waals surface area (Å²) in [5.74, 6) is 0.805. The summed E-state index contributed by atoms with van der Waals surface area (Å²) in [6.07, 6.45) is 6.52. The molecule has 1 amide bonds. The Morgan fingerprint density at radius 2 is 1.80 bits per heavy atom. The number of nitrogens with one attached hydrogen (secondary N) is 1. The highest BCUT2D eigenvalue weighted by atomic mass is 16.5. The highest BCUT2D eigenvalue weighted by Gasteiger charge is 1.94. The fraction of sp³-hybridized carbons (Fsp3) is 0.917. The molecule has 1 N–H and O–H groups in total. The number of hydrogen-bond acceptors (Lipinski definition) is 2. The molecule has 3 nitrogen and oxygen atoms in total. The van der Waals surface area contributed by atoms with Crippen LogP contribution in [0.2, 0.25) is 0 Å². The number of carbonyl (C=O) groups excluding carboxylic acids is 1. The molecule has 0 aliphatic carbocycles. The number of rotatable bonds is 11. The molecule has 0 atom stereocenters. The first kappa shape index (κ1) is 14.4. The van der Waals surface area contributed by atoms with Crippen LogP contribution in [0.25, 0.3) is 0 Å². The zero-order valence-electron chi connectivity index (χ0n) is 10.1. The normalized spacial score (nSPS) is 10.6. The van der Waals surface area contributed by atoms with E-state index >= 15 is 0 Å². The molecule has 0 aromatic rings. The van der Waals surface area contributed by atoms with Gasteiger partial charge in [0.25, 0.3) is 0 Å². The number of unbranched alkanes of at least 4 members (excludes halogenated alkanes) is 2. The van der Waals surface area contributed by atoms with Crippen LogP contribution in [-0.4, -0.2) is 26.2 Å². The van der Waals surface area contributed by atoms with Crippen molar-refractivity contribution in [1.29, 1.82) is 0 Å². The smallest absolute Gasteiger partial charge is 0.207 e. The molecule has 0 rings (SSSR count). The van der Waals surface area contributed by atoms with E-state index < -0.39 is 0 Å². The van der Waals surface area contributed by atoms with Crippen molar-refractivity contribution in [2.24, 2.45) is 5.92 Å². The summed E-state index contributed by atoms with van der Waals surface area (Å²) in [7, 11) is 0. The van der Waals surface area contributed by atoms with Crippen molar-refractivity contribution < 1.29 is 9.53 Å². The number of ether oxygens (including phenoxy) is 1. The molecule has 0 aliphatic heterocycles. The van der Waals surface area contributed by atoms with E-state index in [2.05, 4.69) is 19.2 Å². The van der Waals surface area contributed by atoms with Crippen LogP contribution in [0.3, 0.4) is 0 Å². The van der Waals surface area contributed by atoms with Crippen molar-refractivity contribution in [1.82, 2.24) is 5.32 Å². The maximum Gasteiger partial charge on any atom is 0.207 e. The first-order valence-electron chi connectivity index (χ1n) is 6.02. The standard InChI is InChI=1S/C12H25NO2/c1-12(2)7-3-5-9-15-10-6-4-8-13-11-14/h11-12H,3-10H2,1-2H3,(H,13,14). The Bertz CT molecular complexity index is 138. The van der Waals surface area contributed by atoms with Crippen molar-refractivity contribution in [2.75, 3.05) is 19.8 Å². The predicted molar refractivity (Wildman–Crippen MR) is 62.8 cm³/mol. The van der Waals surface area contributed by atoms with Crippen LogP contribution in [0.1, 0.15) is 46.0 Å². The molecule has 15 heavy (non-hydrogen) atoms. The summed E-state index contributed by atoms with van der Waals surface area (Å²) < 4.78 is 5.48. The second-order valence-corrected chi connectivity index (χ2v) is 4.28. The molecule has 0 radical (unpaired) electrons. The van der Waals surface area contributed by atoms with Gasteiger partial charge in [0.1, 0.15) is 0 Å². The van der Waals surface area contributed by atoms with E-state index in [-0.39, 0.29) is 0 Å². The Balaban J connectivity index is 2.89. The predicted octanol–water partition coefficient (Wildman–Crippen LogP) is 2.36. The van der Waals surface area contributed by atoms with Crippen molar-refractivity contribution in [2.45, 2.75) is 46.0 Å². The third kappa shape index (κ3) is 13.4. The molecule has 0 aromatic carbocycles. The summed E-state index contributed by atoms with van der Waals surface area (Å²) >= 11 is 0. The van der Waals surface area contributed by atoms with Crippen LogP contribution in [0.15, 0.2) is 0 Å². The maximum absolute atomic E-state index is 9.92. The monoisotopic (exact) mass is 215 g/mol. The van der Waals surface area contributed by atoms with Crippen molar-refractivity contribution in [3.05, 3.63) is 0 Å². The van der Waals surface area contributed by atoms with Crippen LogP contribution < -0.4 is 5.32 Å². The molecule has 0 fully saturated rings. The van der Waals surface area contributed by atoms with Crippen LogP contribution in [-0.2, 0) is 9.53 Å². The van der Waals surface area contributed by atoms with Gasteiger partial charge in [0, 0.05) is 19.8 Å². The third-order valence-electron chi connectivity index (χ3n) is 2.26. The molecule has 0 saturated heterocycles. The summed E-state index contributed by atoms with van der Waals surface area (Å²) in [5, 5.41) is 2.64. The minimum atomic E-state index is 0.743. The van der Waals surface area contributed by atoms with Gasteiger partial charge in [-0.05, 0) is 25.2 Å². The van der Waals surface area contributed by atoms with Gasteiger partial charge in [-0.2, -0.15) is 0 Å². The Morgan fingerprint density at radius 3 is 2.40 bits per heavy atom. The molecule has 90 valence electrons. The van der Waals surface area contributed by atoms with Gasteiger partial charge in [0.15, 0.2) is 0 Å². The molecule has 0 aromatic heterocycles. The molecule has 0 aliphatic rings. The Hall–Kier alpha value is -0.570. The second kappa shape index (κ2) is 11.5. The highest BCUT2D eigenvalue weighted by Crippen LogP contribution is 2.05. The number of hydrogen-bond donors (Lipinski definition) is 1. The third-order valence-corrected chi connectivity index (χ3v) is 2.26. The Kier molecular flexibility index (Phi) is 11.1. The number of carbonyl (C=O) groups is 1. The highest BCUT2D eigenvalue weighted by molar-refractivity contribution is 5.45. The van der Waals surface area contributed by atoms with Gasteiger partial charge in [-0.3, -0.25) is 4.79 Å². The molecule has 0 spiro atoms. The van der Waals surface area contributed by atoms with Gasteiger partial charge in [-0.1, -0.05) is 26.7 Å². The van der Waals surface area contributed by atoms with E-state index in [1.54, 1.807) is 0 Å². The van der Waals surface area contributed by atoms with Crippen LogP contribution in [0.5, 0.6) is 0 Å². The quantitative estimate of drug-likeness (QED) is 0.424. The summed E-state index contributed by atoms with van der Waals surface area (Å²) in [4.78, 5) is 9.92. The number of amides is 1. The topological polar surface area (TPSA) is 38.3 Å². The zero-order chi connectivity index (χ0) is 11.4. The molecule has 0 bridgehead atoms. The van der Waals surface area contributed by atoms with Crippen molar-refractivity contribution >= 4 is 6.41 Å². The lowest BCUT2D eigenvalue weighted by molar-refractivity contribution is -0.109. The largest absolute Gasteiger partial charge is 0.381 e. The zero-order valence-corrected chi connectivity index (χ0v) is 10.1. The van der Waals surface area contributed by atoms with E-state index in [4.69, 9.17) is 4.74 Å². The van der Waals surface area contributed by atoms with Crippen molar-refractivity contribution in [3.63, 3.8) is 0 Å². The van der Waals surface area contributed by atoms with Gasteiger partial charge in [-0.15, -0.1) is 0 Å². The Morgan fingerprint density at radius 1 is 1.13 bits per heavy atom. The van der Waals surface area contributed by atoms with Gasteiger partial charge < -0.3 is 10.1 Å². The molecular weight excluding hydrogens is 190 g/mol. The van der Waals surface area contributed by atoms with Crippen LogP contribution in [0, 0.1) is 5.92 Å². The van der Waals surface area contributed by atoms with Gasteiger partial charge in [0.05, 0.1) is 0 Å². The molecule has 0 heterocycles. The summed E-state index contributed by atoms with van der Waals surface area (Å²) in [6, 6.07) is 0. The maximum atomic E-state index is 9.92. The lowest BCUT2D eigenvalue weighted by atomic mass is 10.1. The molecule has 3 heteroatoms. The average molecular weight is 215 g/mol. The van der Waals surface area contributed by atoms with E-state index in [1.165, 1.54) is 19.3 Å². The summed E-state index contributed by atoms with van der Waals surface area (Å²) in [6.45, 7) is 6.97. The second-order valence-electron chi connectivity index (χ2n) is 4.28. The van der Waals surface area contributed by atoms with E-state index in [9.17, 15) is 4.79 Å². The van der Waals surface area contributed by atoms with Crippen molar-refractivity contribution in [3.8, 4) is 0 Å². The minimum Gasteiger partial charge on any atom is -0.381 e. The average Bonchev–Trinajstić information content (AvgIpc) is 2.20. The van der Waals surface area contributed by atoms with E-state index in [0.717, 1.165) is 44.9 Å². The Labute approximate surface area is 93.6 Å². The van der Waals surface area contributed by atoms with Crippen LogP contribution in [0.4, 0.5) is 0 Å². The first-order chi connectivity index (χ1) is 7.27. The molecule has 0 saturated carbocycles. The molecule has 0 unspecified atom stereocenters. The minimum absolute atomic E-state index is 0.743. The fourth-order valence-electron chi connectivity index (χ4n) is 1.35. The summed E-state index contributed by atoms with van der Waals surface area (Å²) in [5.41, 5.74) is 0.